The Morgan fingerprint density at radius 3 is 3.00 bits per heavy atom. The third-order valence-corrected chi connectivity index (χ3v) is 2.02. The van der Waals surface area contributed by atoms with Crippen molar-refractivity contribution in [3.05, 3.63) is 24.0 Å². The molecule has 0 aromatic heterocycles. The summed E-state index contributed by atoms with van der Waals surface area (Å²) < 4.78 is 5.05. The molecule has 0 fully saturated rings. The van der Waals surface area contributed by atoms with Crippen molar-refractivity contribution in [3.63, 3.8) is 0 Å². The fraction of sp³-hybridized carbons (Fsp3) is 0.500. The minimum absolute atomic E-state index is 0.578. The molecule has 1 aliphatic carbocycles. The van der Waals surface area contributed by atoms with Crippen molar-refractivity contribution in [3.8, 4) is 0 Å². The minimum atomic E-state index is 0.578. The Labute approximate surface area is 69.9 Å². The van der Waals surface area contributed by atoms with E-state index in [2.05, 4.69) is 28.1 Å². The highest BCUT2D eigenvalue weighted by atomic mass is 79.9. The fourth-order valence-corrected chi connectivity index (χ4v) is 1.51. The van der Waals surface area contributed by atoms with Gasteiger partial charge in [-0.25, -0.2) is 0 Å². The number of ether oxygens (including phenoxy) is 1. The number of rotatable bonds is 3. The zero-order valence-corrected chi connectivity index (χ0v) is 7.60. The minimum Gasteiger partial charge on any atom is -0.497 e. The molecule has 0 spiro atoms. The Kier molecular flexibility index (Phi) is 3.00. The molecule has 2 heteroatoms. The van der Waals surface area contributed by atoms with Gasteiger partial charge in [0.05, 0.1) is 7.11 Å². The largest absolute Gasteiger partial charge is 0.497 e. The molecular formula is C8H11BrO. The second-order valence-corrected chi connectivity index (χ2v) is 3.07. The van der Waals surface area contributed by atoms with E-state index < -0.39 is 0 Å². The number of alkyl halides is 1. The van der Waals surface area contributed by atoms with E-state index >= 15 is 0 Å². The Morgan fingerprint density at radius 1 is 1.70 bits per heavy atom. The molecule has 1 aliphatic rings. The normalized spacial score (nSPS) is 23.0. The zero-order valence-electron chi connectivity index (χ0n) is 6.01. The van der Waals surface area contributed by atoms with Crippen LogP contribution in [0.5, 0.6) is 0 Å². The zero-order chi connectivity index (χ0) is 7.40. The molecule has 1 atom stereocenters. The number of allylic oxidation sites excluding steroid dienone is 3. The smallest absolute Gasteiger partial charge is 0.115 e. The van der Waals surface area contributed by atoms with Gasteiger partial charge < -0.3 is 4.74 Å². The summed E-state index contributed by atoms with van der Waals surface area (Å²) in [6.07, 6.45) is 7.48. The molecule has 56 valence electrons. The van der Waals surface area contributed by atoms with E-state index in [0.29, 0.717) is 5.92 Å². The van der Waals surface area contributed by atoms with E-state index in [9.17, 15) is 0 Å². The van der Waals surface area contributed by atoms with Gasteiger partial charge in [-0.3, -0.25) is 0 Å². The second kappa shape index (κ2) is 3.81. The molecule has 10 heavy (non-hydrogen) atoms. The van der Waals surface area contributed by atoms with E-state index in [1.807, 2.05) is 6.08 Å². The summed E-state index contributed by atoms with van der Waals surface area (Å²) in [6, 6.07) is 0. The average Bonchev–Trinajstić information content (AvgIpc) is 2.37. The van der Waals surface area contributed by atoms with Gasteiger partial charge in [-0.05, 0) is 24.5 Å². The predicted octanol–water partition coefficient (Wildman–Crippen LogP) is 2.49. The summed E-state index contributed by atoms with van der Waals surface area (Å²) in [5.41, 5.74) is 0. The van der Waals surface area contributed by atoms with Crippen molar-refractivity contribution < 1.29 is 4.74 Å². The van der Waals surface area contributed by atoms with Crippen LogP contribution in [-0.2, 0) is 4.74 Å². The lowest BCUT2D eigenvalue weighted by molar-refractivity contribution is 0.306. The lowest BCUT2D eigenvalue weighted by atomic mass is 10.1. The average molecular weight is 203 g/mol. The predicted molar refractivity (Wildman–Crippen MR) is 46.1 cm³/mol. The number of hydrogen-bond acceptors (Lipinski definition) is 1. The van der Waals surface area contributed by atoms with Crippen LogP contribution in [0.4, 0.5) is 0 Å². The lowest BCUT2D eigenvalue weighted by Crippen LogP contribution is -1.89. The summed E-state index contributed by atoms with van der Waals surface area (Å²) in [4.78, 5) is 0. The van der Waals surface area contributed by atoms with Crippen LogP contribution in [0.3, 0.4) is 0 Å². The second-order valence-electron chi connectivity index (χ2n) is 2.27. The molecule has 0 bridgehead atoms. The van der Waals surface area contributed by atoms with Crippen molar-refractivity contribution in [1.29, 1.82) is 0 Å². The Hall–Kier alpha value is -0.240. The van der Waals surface area contributed by atoms with Gasteiger partial charge in [0.15, 0.2) is 0 Å². The van der Waals surface area contributed by atoms with Crippen molar-refractivity contribution >= 4 is 15.9 Å². The Morgan fingerprint density at radius 2 is 2.50 bits per heavy atom. The van der Waals surface area contributed by atoms with Gasteiger partial charge in [0, 0.05) is 5.33 Å². The van der Waals surface area contributed by atoms with E-state index in [-0.39, 0.29) is 0 Å². The van der Waals surface area contributed by atoms with Crippen LogP contribution in [-0.4, -0.2) is 12.4 Å². The third-order valence-electron chi connectivity index (χ3n) is 1.56. The summed E-state index contributed by atoms with van der Waals surface area (Å²) >= 11 is 3.40. The van der Waals surface area contributed by atoms with Gasteiger partial charge in [0.2, 0.25) is 0 Å². The number of halogens is 1. The number of hydrogen-bond donors (Lipinski definition) is 0. The molecule has 0 heterocycles. The molecule has 0 radical (unpaired) electrons. The van der Waals surface area contributed by atoms with Crippen LogP contribution in [0.1, 0.15) is 6.42 Å². The van der Waals surface area contributed by atoms with Crippen molar-refractivity contribution in [1.82, 2.24) is 0 Å². The number of methoxy groups -OCH3 is 1. The maximum atomic E-state index is 5.05. The first-order chi connectivity index (χ1) is 4.86. The van der Waals surface area contributed by atoms with Crippen molar-refractivity contribution in [2.45, 2.75) is 6.42 Å². The first kappa shape index (κ1) is 7.86. The van der Waals surface area contributed by atoms with E-state index in [1.165, 1.54) is 0 Å². The highest BCUT2D eigenvalue weighted by Gasteiger charge is 2.07. The van der Waals surface area contributed by atoms with Crippen LogP contribution in [0, 0.1) is 5.92 Å². The topological polar surface area (TPSA) is 9.23 Å². The first-order valence-corrected chi connectivity index (χ1v) is 4.49. The molecule has 0 amide bonds. The quantitative estimate of drug-likeness (QED) is 0.640. The van der Waals surface area contributed by atoms with E-state index in [1.54, 1.807) is 7.11 Å². The molecule has 0 aromatic rings. The monoisotopic (exact) mass is 202 g/mol. The molecule has 1 rings (SSSR count). The summed E-state index contributed by atoms with van der Waals surface area (Å²) in [5, 5.41) is 1.05. The standard InChI is InChI=1S/C8H11BrO/c1-10-8-3-2-7(6-8)4-5-9/h2-3,6-7H,4-5H2,1H3. The SMILES string of the molecule is COC1=CC(CCBr)C=C1. The Bertz CT molecular complexity index is 161. The summed E-state index contributed by atoms with van der Waals surface area (Å²) in [6.45, 7) is 0. The van der Waals surface area contributed by atoms with E-state index in [4.69, 9.17) is 4.74 Å². The summed E-state index contributed by atoms with van der Waals surface area (Å²) in [5.74, 6) is 1.57. The van der Waals surface area contributed by atoms with Gasteiger partial charge in [0.25, 0.3) is 0 Å². The van der Waals surface area contributed by atoms with E-state index in [0.717, 1.165) is 17.5 Å². The maximum Gasteiger partial charge on any atom is 0.115 e. The van der Waals surface area contributed by atoms with Gasteiger partial charge in [0.1, 0.15) is 5.76 Å². The van der Waals surface area contributed by atoms with Crippen LogP contribution in [0.25, 0.3) is 0 Å². The third kappa shape index (κ3) is 1.87. The highest BCUT2D eigenvalue weighted by Crippen LogP contribution is 2.19. The maximum absolute atomic E-state index is 5.05. The molecular weight excluding hydrogens is 192 g/mol. The lowest BCUT2D eigenvalue weighted by Gasteiger charge is -1.98. The van der Waals surface area contributed by atoms with Crippen LogP contribution in [0.2, 0.25) is 0 Å². The molecule has 0 aliphatic heterocycles. The fourth-order valence-electron chi connectivity index (χ4n) is 0.982. The Balaban J connectivity index is 2.41. The van der Waals surface area contributed by atoms with Crippen LogP contribution < -0.4 is 0 Å². The van der Waals surface area contributed by atoms with Crippen LogP contribution >= 0.6 is 15.9 Å². The molecule has 0 saturated heterocycles. The molecule has 0 aromatic carbocycles. The van der Waals surface area contributed by atoms with Gasteiger partial charge in [-0.15, -0.1) is 0 Å². The van der Waals surface area contributed by atoms with Gasteiger partial charge in [-0.2, -0.15) is 0 Å². The summed E-state index contributed by atoms with van der Waals surface area (Å²) in [7, 11) is 1.70. The van der Waals surface area contributed by atoms with Crippen molar-refractivity contribution in [2.24, 2.45) is 5.92 Å². The molecule has 1 nitrogen and oxygen atoms in total. The molecule has 0 N–H and O–H groups in total. The molecule has 1 unspecified atom stereocenters. The van der Waals surface area contributed by atoms with Crippen LogP contribution in [0.15, 0.2) is 24.0 Å². The first-order valence-electron chi connectivity index (χ1n) is 3.37. The van der Waals surface area contributed by atoms with Gasteiger partial charge >= 0.3 is 0 Å². The highest BCUT2D eigenvalue weighted by molar-refractivity contribution is 9.09. The molecule has 0 saturated carbocycles. The van der Waals surface area contributed by atoms with Gasteiger partial charge in [-0.1, -0.05) is 22.0 Å². The van der Waals surface area contributed by atoms with Crippen molar-refractivity contribution in [2.75, 3.05) is 12.4 Å².